The molecule has 15 heavy (non-hydrogen) atoms. The molecular weight excluding hydrogens is 206 g/mol. The molecule has 3 heteroatoms. The van der Waals surface area contributed by atoms with Crippen LogP contribution in [0, 0.1) is 6.92 Å². The van der Waals surface area contributed by atoms with Crippen molar-refractivity contribution in [3.8, 4) is 0 Å². The summed E-state index contributed by atoms with van der Waals surface area (Å²) < 4.78 is 11.8. The van der Waals surface area contributed by atoms with Crippen LogP contribution in [0.3, 0.4) is 0 Å². The van der Waals surface area contributed by atoms with Crippen LogP contribution in [0.1, 0.15) is 30.5 Å². The summed E-state index contributed by atoms with van der Waals surface area (Å²) >= 11 is 0. The van der Waals surface area contributed by atoms with E-state index in [4.69, 9.17) is 0 Å². The Morgan fingerprint density at radius 1 is 1.53 bits per heavy atom. The third-order valence-electron chi connectivity index (χ3n) is 2.74. The van der Waals surface area contributed by atoms with E-state index in [0.717, 1.165) is 23.6 Å². The highest BCUT2D eigenvalue weighted by atomic mass is 32.2. The summed E-state index contributed by atoms with van der Waals surface area (Å²) in [4.78, 5) is 1.02. The Morgan fingerprint density at radius 2 is 2.33 bits per heavy atom. The fraction of sp³-hybridized carbons (Fsp3) is 0.500. The summed E-state index contributed by atoms with van der Waals surface area (Å²) in [5.74, 6) is 0.735. The lowest BCUT2D eigenvalue weighted by molar-refractivity contribution is 0.576. The van der Waals surface area contributed by atoms with E-state index in [2.05, 4.69) is 25.2 Å². The van der Waals surface area contributed by atoms with Crippen molar-refractivity contribution in [1.82, 2.24) is 5.32 Å². The molecule has 1 aliphatic heterocycles. The SMILES string of the molecule is CCCNC1CS(=O)c2ccc(C)cc21. The van der Waals surface area contributed by atoms with Gasteiger partial charge in [0.25, 0.3) is 0 Å². The minimum Gasteiger partial charge on any atom is -0.309 e. The van der Waals surface area contributed by atoms with E-state index >= 15 is 0 Å². The highest BCUT2D eigenvalue weighted by Crippen LogP contribution is 2.31. The number of nitrogens with one attached hydrogen (secondary N) is 1. The third kappa shape index (κ3) is 2.13. The van der Waals surface area contributed by atoms with Gasteiger partial charge in [-0.3, -0.25) is 4.21 Å². The minimum atomic E-state index is -0.802. The van der Waals surface area contributed by atoms with Crippen LogP contribution in [0.4, 0.5) is 0 Å². The normalized spacial score (nSPS) is 24.1. The Hall–Kier alpha value is -0.670. The van der Waals surface area contributed by atoms with E-state index < -0.39 is 10.8 Å². The number of hydrogen-bond donors (Lipinski definition) is 1. The summed E-state index contributed by atoms with van der Waals surface area (Å²) in [6.45, 7) is 5.23. The predicted molar refractivity (Wildman–Crippen MR) is 63.5 cm³/mol. The van der Waals surface area contributed by atoms with Crippen LogP contribution < -0.4 is 5.32 Å². The maximum absolute atomic E-state index is 11.8. The molecule has 2 rings (SSSR count). The summed E-state index contributed by atoms with van der Waals surface area (Å²) in [7, 11) is -0.802. The lowest BCUT2D eigenvalue weighted by Gasteiger charge is -2.12. The molecule has 2 atom stereocenters. The van der Waals surface area contributed by atoms with Gasteiger partial charge in [0.15, 0.2) is 0 Å². The number of benzene rings is 1. The molecule has 2 nitrogen and oxygen atoms in total. The van der Waals surface area contributed by atoms with Gasteiger partial charge in [-0.1, -0.05) is 24.6 Å². The zero-order valence-corrected chi connectivity index (χ0v) is 10.1. The molecule has 0 saturated carbocycles. The topological polar surface area (TPSA) is 29.1 Å². The van der Waals surface area contributed by atoms with Crippen molar-refractivity contribution in [3.05, 3.63) is 29.3 Å². The summed E-state index contributed by atoms with van der Waals surface area (Å²) in [6.07, 6.45) is 1.12. The van der Waals surface area contributed by atoms with E-state index in [1.165, 1.54) is 11.1 Å². The Morgan fingerprint density at radius 3 is 3.07 bits per heavy atom. The molecule has 0 saturated heterocycles. The Labute approximate surface area is 93.5 Å². The second-order valence-corrected chi connectivity index (χ2v) is 5.52. The van der Waals surface area contributed by atoms with Gasteiger partial charge in [-0.15, -0.1) is 0 Å². The molecule has 0 radical (unpaired) electrons. The van der Waals surface area contributed by atoms with Crippen molar-refractivity contribution in [1.29, 1.82) is 0 Å². The first-order valence-corrected chi connectivity index (χ1v) is 6.76. The maximum atomic E-state index is 11.8. The average molecular weight is 223 g/mol. The summed E-state index contributed by atoms with van der Waals surface area (Å²) in [5.41, 5.74) is 2.48. The molecule has 1 aliphatic rings. The molecule has 1 aromatic rings. The summed E-state index contributed by atoms with van der Waals surface area (Å²) in [6, 6.07) is 6.50. The Balaban J connectivity index is 2.27. The third-order valence-corrected chi connectivity index (χ3v) is 4.24. The molecule has 0 aromatic heterocycles. The van der Waals surface area contributed by atoms with Gasteiger partial charge in [-0.25, -0.2) is 0 Å². The van der Waals surface area contributed by atoms with Gasteiger partial charge >= 0.3 is 0 Å². The molecule has 0 aliphatic carbocycles. The molecule has 0 fully saturated rings. The monoisotopic (exact) mass is 223 g/mol. The highest BCUT2D eigenvalue weighted by Gasteiger charge is 2.27. The molecule has 1 aromatic carbocycles. The average Bonchev–Trinajstić information content (AvgIpc) is 2.52. The molecule has 1 heterocycles. The van der Waals surface area contributed by atoms with Gasteiger partial charge in [-0.2, -0.15) is 0 Å². The number of fused-ring (bicyclic) bond motifs is 1. The molecular formula is C12H17NOS. The second kappa shape index (κ2) is 4.45. The van der Waals surface area contributed by atoms with Crippen LogP contribution in [0.25, 0.3) is 0 Å². The van der Waals surface area contributed by atoms with Crippen LogP contribution >= 0.6 is 0 Å². The molecule has 1 N–H and O–H groups in total. The van der Waals surface area contributed by atoms with Crippen LogP contribution in [0.15, 0.2) is 23.1 Å². The minimum absolute atomic E-state index is 0.292. The van der Waals surface area contributed by atoms with Gasteiger partial charge in [0, 0.05) is 16.7 Å². The first-order valence-electron chi connectivity index (χ1n) is 5.44. The fourth-order valence-electron chi connectivity index (χ4n) is 1.97. The zero-order chi connectivity index (χ0) is 10.8. The maximum Gasteiger partial charge on any atom is 0.0552 e. The molecule has 82 valence electrons. The lowest BCUT2D eigenvalue weighted by Crippen LogP contribution is -2.22. The smallest absolute Gasteiger partial charge is 0.0552 e. The number of aryl methyl sites for hydroxylation is 1. The fourth-order valence-corrected chi connectivity index (χ4v) is 3.43. The zero-order valence-electron chi connectivity index (χ0n) is 9.25. The number of hydrogen-bond acceptors (Lipinski definition) is 2. The van der Waals surface area contributed by atoms with Gasteiger partial charge in [-0.05, 0) is 31.5 Å². The van der Waals surface area contributed by atoms with E-state index in [1.807, 2.05) is 12.1 Å². The first-order chi connectivity index (χ1) is 7.22. The van der Waals surface area contributed by atoms with Crippen LogP contribution in [-0.2, 0) is 10.8 Å². The summed E-state index contributed by atoms with van der Waals surface area (Å²) in [5, 5.41) is 3.45. The molecule has 0 bridgehead atoms. The molecule has 0 spiro atoms. The van der Waals surface area contributed by atoms with E-state index in [0.29, 0.717) is 6.04 Å². The Bertz CT molecular complexity index is 389. The Kier molecular flexibility index (Phi) is 3.22. The van der Waals surface area contributed by atoms with Gasteiger partial charge in [0.05, 0.1) is 10.8 Å². The standard InChI is InChI=1S/C12H17NOS/c1-3-6-13-11-8-15(14)12-5-4-9(2)7-10(11)12/h4-5,7,11,13H,3,6,8H2,1-2H3. The van der Waals surface area contributed by atoms with E-state index in [9.17, 15) is 4.21 Å². The van der Waals surface area contributed by atoms with Crippen molar-refractivity contribution in [2.75, 3.05) is 12.3 Å². The predicted octanol–water partition coefficient (Wildman–Crippen LogP) is 2.16. The van der Waals surface area contributed by atoms with Gasteiger partial charge in [0.2, 0.25) is 0 Å². The highest BCUT2D eigenvalue weighted by molar-refractivity contribution is 7.85. The quantitative estimate of drug-likeness (QED) is 0.850. The van der Waals surface area contributed by atoms with Gasteiger partial charge < -0.3 is 5.32 Å². The first kappa shape index (κ1) is 10.8. The van der Waals surface area contributed by atoms with Crippen LogP contribution in [0.2, 0.25) is 0 Å². The largest absolute Gasteiger partial charge is 0.309 e. The number of rotatable bonds is 3. The van der Waals surface area contributed by atoms with Crippen molar-refractivity contribution in [2.24, 2.45) is 0 Å². The molecule has 0 amide bonds. The van der Waals surface area contributed by atoms with Crippen molar-refractivity contribution >= 4 is 10.8 Å². The van der Waals surface area contributed by atoms with Crippen molar-refractivity contribution in [3.63, 3.8) is 0 Å². The lowest BCUT2D eigenvalue weighted by atomic mass is 10.1. The second-order valence-electron chi connectivity index (χ2n) is 4.06. The van der Waals surface area contributed by atoms with Crippen molar-refractivity contribution in [2.45, 2.75) is 31.2 Å². The van der Waals surface area contributed by atoms with Gasteiger partial charge in [0.1, 0.15) is 0 Å². The van der Waals surface area contributed by atoms with Crippen molar-refractivity contribution < 1.29 is 4.21 Å². The van der Waals surface area contributed by atoms with Crippen LogP contribution in [0.5, 0.6) is 0 Å². The van der Waals surface area contributed by atoms with Crippen LogP contribution in [-0.4, -0.2) is 16.5 Å². The van der Waals surface area contributed by atoms with E-state index in [1.54, 1.807) is 0 Å². The molecule has 2 unspecified atom stereocenters. The van der Waals surface area contributed by atoms with E-state index in [-0.39, 0.29) is 0 Å².